The third-order valence-electron chi connectivity index (χ3n) is 7.08. The fraction of sp³-hybridized carbons (Fsp3) is 0.800. The molecule has 0 saturated carbocycles. The summed E-state index contributed by atoms with van der Waals surface area (Å²) in [7, 11) is 3.38. The Labute approximate surface area is 230 Å². The van der Waals surface area contributed by atoms with E-state index in [-0.39, 0.29) is 36.7 Å². The Morgan fingerprint density at radius 3 is 2.37 bits per heavy atom. The number of rotatable bonds is 11. The minimum absolute atomic E-state index is 0.0894. The molecule has 3 amide bonds. The van der Waals surface area contributed by atoms with Crippen molar-refractivity contribution in [3.8, 4) is 0 Å². The van der Waals surface area contributed by atoms with Gasteiger partial charge in [0.25, 0.3) is 0 Å². The van der Waals surface area contributed by atoms with Crippen molar-refractivity contribution in [3.63, 3.8) is 0 Å². The lowest BCUT2D eigenvalue weighted by molar-refractivity contribution is -0.148. The molecule has 0 aromatic rings. The van der Waals surface area contributed by atoms with Crippen LogP contribution in [-0.4, -0.2) is 61.4 Å². The van der Waals surface area contributed by atoms with Crippen LogP contribution in [0.5, 0.6) is 0 Å². The fourth-order valence-electron chi connectivity index (χ4n) is 4.93. The number of ether oxygens (including phenoxy) is 1. The Bertz CT molecular complexity index is 765. The normalized spacial score (nSPS) is 24.5. The summed E-state index contributed by atoms with van der Waals surface area (Å²) >= 11 is 0. The second-order valence-electron chi connectivity index (χ2n) is 11.2. The SMILES string of the molecule is CCCCCCCC1CCC/C=C/CC(C(=O)N(C)C)C[C@@H](C(=O)OCC)NC(=O)[C@H](CC(C)C)NC1=O. The molecule has 0 aromatic heterocycles. The molecule has 1 aliphatic heterocycles. The molecule has 2 N–H and O–H groups in total. The zero-order valence-electron chi connectivity index (χ0n) is 24.7. The fourth-order valence-corrected chi connectivity index (χ4v) is 4.93. The lowest BCUT2D eigenvalue weighted by Crippen LogP contribution is -2.54. The van der Waals surface area contributed by atoms with Crippen molar-refractivity contribution in [2.75, 3.05) is 20.7 Å². The highest BCUT2D eigenvalue weighted by atomic mass is 16.5. The summed E-state index contributed by atoms with van der Waals surface area (Å²) in [6.07, 6.45) is 14.0. The molecule has 4 atom stereocenters. The summed E-state index contributed by atoms with van der Waals surface area (Å²) in [6, 6.07) is -1.73. The highest BCUT2D eigenvalue weighted by molar-refractivity contribution is 5.91. The van der Waals surface area contributed by atoms with Gasteiger partial charge in [-0.3, -0.25) is 14.4 Å². The number of nitrogens with zero attached hydrogens (tertiary/aromatic N) is 1. The molecule has 0 aromatic carbocycles. The number of hydrogen-bond acceptors (Lipinski definition) is 5. The maximum atomic E-state index is 13.5. The van der Waals surface area contributed by atoms with Gasteiger partial charge in [0.1, 0.15) is 12.1 Å². The Morgan fingerprint density at radius 1 is 1.03 bits per heavy atom. The predicted octanol–water partition coefficient (Wildman–Crippen LogP) is 4.77. The van der Waals surface area contributed by atoms with E-state index in [4.69, 9.17) is 4.74 Å². The minimum atomic E-state index is -0.976. The van der Waals surface area contributed by atoms with Crippen LogP contribution in [0.4, 0.5) is 0 Å². The average Bonchev–Trinajstić information content (AvgIpc) is 2.86. The van der Waals surface area contributed by atoms with E-state index in [0.29, 0.717) is 12.8 Å². The van der Waals surface area contributed by atoms with Crippen LogP contribution >= 0.6 is 0 Å². The van der Waals surface area contributed by atoms with Crippen LogP contribution in [0, 0.1) is 17.8 Å². The van der Waals surface area contributed by atoms with E-state index in [1.54, 1.807) is 21.0 Å². The number of carbonyl (C=O) groups excluding carboxylic acids is 4. The molecule has 8 nitrogen and oxygen atoms in total. The van der Waals surface area contributed by atoms with Gasteiger partial charge in [-0.05, 0) is 57.8 Å². The van der Waals surface area contributed by atoms with Crippen molar-refractivity contribution in [2.24, 2.45) is 17.8 Å². The molecular formula is C30H53N3O5. The van der Waals surface area contributed by atoms with Crippen molar-refractivity contribution in [2.45, 2.75) is 117 Å². The maximum Gasteiger partial charge on any atom is 0.328 e. The van der Waals surface area contributed by atoms with Gasteiger partial charge in [-0.1, -0.05) is 65.0 Å². The van der Waals surface area contributed by atoms with Crippen molar-refractivity contribution >= 4 is 23.7 Å². The third kappa shape index (κ3) is 12.9. The van der Waals surface area contributed by atoms with Gasteiger partial charge in [0.2, 0.25) is 17.7 Å². The molecule has 2 unspecified atom stereocenters. The first-order valence-electron chi connectivity index (χ1n) is 14.7. The zero-order valence-corrected chi connectivity index (χ0v) is 24.7. The van der Waals surface area contributed by atoms with Gasteiger partial charge in [-0.25, -0.2) is 4.79 Å². The molecule has 0 radical (unpaired) electrons. The smallest absolute Gasteiger partial charge is 0.328 e. The summed E-state index contributed by atoms with van der Waals surface area (Å²) in [5.41, 5.74) is 0. The first-order chi connectivity index (χ1) is 18.1. The molecule has 0 spiro atoms. The van der Waals surface area contributed by atoms with Gasteiger partial charge in [-0.2, -0.15) is 0 Å². The molecule has 0 bridgehead atoms. The largest absolute Gasteiger partial charge is 0.464 e. The molecule has 1 heterocycles. The van der Waals surface area contributed by atoms with Gasteiger partial charge in [-0.15, -0.1) is 0 Å². The Morgan fingerprint density at radius 2 is 1.74 bits per heavy atom. The number of esters is 1. The summed E-state index contributed by atoms with van der Waals surface area (Å²) in [4.78, 5) is 54.1. The number of carbonyl (C=O) groups is 4. The Hall–Kier alpha value is -2.38. The van der Waals surface area contributed by atoms with Crippen LogP contribution < -0.4 is 10.6 Å². The van der Waals surface area contributed by atoms with Gasteiger partial charge in [0.05, 0.1) is 6.61 Å². The molecule has 38 heavy (non-hydrogen) atoms. The third-order valence-corrected chi connectivity index (χ3v) is 7.08. The minimum Gasteiger partial charge on any atom is -0.464 e. The van der Waals surface area contributed by atoms with Gasteiger partial charge >= 0.3 is 5.97 Å². The first kappa shape index (κ1) is 33.6. The number of nitrogens with one attached hydrogen (secondary N) is 2. The molecule has 8 heteroatoms. The maximum absolute atomic E-state index is 13.5. The first-order valence-corrected chi connectivity index (χ1v) is 14.7. The van der Waals surface area contributed by atoms with E-state index in [1.165, 1.54) is 24.2 Å². The topological polar surface area (TPSA) is 105 Å². The van der Waals surface area contributed by atoms with Gasteiger partial charge in [0.15, 0.2) is 0 Å². The van der Waals surface area contributed by atoms with Crippen molar-refractivity contribution < 1.29 is 23.9 Å². The van der Waals surface area contributed by atoms with Crippen LogP contribution in [-0.2, 0) is 23.9 Å². The molecule has 0 saturated heterocycles. The van der Waals surface area contributed by atoms with E-state index < -0.39 is 29.9 Å². The van der Waals surface area contributed by atoms with E-state index in [9.17, 15) is 19.2 Å². The van der Waals surface area contributed by atoms with E-state index in [0.717, 1.165) is 38.5 Å². The molecule has 0 aliphatic carbocycles. The number of amides is 3. The lowest BCUT2D eigenvalue weighted by atomic mass is 9.93. The highest BCUT2D eigenvalue weighted by Crippen LogP contribution is 2.21. The Kier molecular flexibility index (Phi) is 16.6. The van der Waals surface area contributed by atoms with Crippen LogP contribution in [0.1, 0.15) is 105 Å². The monoisotopic (exact) mass is 535 g/mol. The van der Waals surface area contributed by atoms with Gasteiger partial charge < -0.3 is 20.3 Å². The number of unbranched alkanes of at least 4 members (excludes halogenated alkanes) is 4. The van der Waals surface area contributed by atoms with Crippen molar-refractivity contribution in [1.29, 1.82) is 0 Å². The molecule has 0 fully saturated rings. The molecular weight excluding hydrogens is 482 g/mol. The number of allylic oxidation sites excluding steroid dienone is 2. The second kappa shape index (κ2) is 18.8. The van der Waals surface area contributed by atoms with Crippen molar-refractivity contribution in [1.82, 2.24) is 15.5 Å². The summed E-state index contributed by atoms with van der Waals surface area (Å²) < 4.78 is 5.25. The Balaban J connectivity index is 3.23. The van der Waals surface area contributed by atoms with E-state index in [2.05, 4.69) is 23.6 Å². The lowest BCUT2D eigenvalue weighted by Gasteiger charge is -2.27. The average molecular weight is 536 g/mol. The highest BCUT2D eigenvalue weighted by Gasteiger charge is 2.33. The summed E-state index contributed by atoms with van der Waals surface area (Å²) in [5.74, 6) is -1.63. The van der Waals surface area contributed by atoms with Crippen LogP contribution in [0.25, 0.3) is 0 Å². The quantitative estimate of drug-likeness (QED) is 0.225. The van der Waals surface area contributed by atoms with E-state index >= 15 is 0 Å². The number of hydrogen-bond donors (Lipinski definition) is 2. The molecule has 1 aliphatic rings. The standard InChI is InChI=1S/C30H53N3O5/c1-7-9-10-11-14-17-23-18-15-12-13-16-19-24(29(36)33(5)6)21-26(30(37)38-8-2)32-28(35)25(20-22(3)4)31-27(23)34/h13,16,22-26H,7-12,14-15,17-21H2,1-6H3,(H,31,34)(H,32,35)/b16-13+/t23?,24?,25-,26-/m0/s1. The summed E-state index contributed by atoms with van der Waals surface area (Å²) in [5, 5.41) is 5.85. The van der Waals surface area contributed by atoms with E-state index in [1.807, 2.05) is 19.9 Å². The molecule has 1 rings (SSSR count). The van der Waals surface area contributed by atoms with Crippen LogP contribution in [0.2, 0.25) is 0 Å². The van der Waals surface area contributed by atoms with Crippen LogP contribution in [0.15, 0.2) is 12.2 Å². The van der Waals surface area contributed by atoms with Gasteiger partial charge in [0, 0.05) is 25.9 Å². The zero-order chi connectivity index (χ0) is 28.5. The van der Waals surface area contributed by atoms with Crippen LogP contribution in [0.3, 0.4) is 0 Å². The predicted molar refractivity (Wildman–Crippen MR) is 151 cm³/mol. The summed E-state index contributed by atoms with van der Waals surface area (Å²) in [6.45, 7) is 8.07. The second-order valence-corrected chi connectivity index (χ2v) is 11.2. The van der Waals surface area contributed by atoms with Crippen molar-refractivity contribution in [3.05, 3.63) is 12.2 Å². The molecule has 218 valence electrons.